The molecule has 0 saturated heterocycles. The van der Waals surface area contributed by atoms with E-state index in [0.29, 0.717) is 13.8 Å². The molecule has 0 unspecified atom stereocenters. The van der Waals surface area contributed by atoms with Crippen LogP contribution in [0.2, 0.25) is 0 Å². The summed E-state index contributed by atoms with van der Waals surface area (Å²) >= 11 is 0.663. The molecule has 0 spiro atoms. The number of fused-ring (bicyclic) bond motifs is 1. The van der Waals surface area contributed by atoms with Gasteiger partial charge in [0.2, 0.25) is 0 Å². The van der Waals surface area contributed by atoms with Crippen LogP contribution >= 0.6 is 10.4 Å². The summed E-state index contributed by atoms with van der Waals surface area (Å²) < 4.78 is 3.78. The van der Waals surface area contributed by atoms with Crippen LogP contribution < -0.4 is 21.6 Å². The van der Waals surface area contributed by atoms with E-state index in [2.05, 4.69) is 29.0 Å². The van der Waals surface area contributed by atoms with E-state index in [0.717, 1.165) is 0 Å². The predicted molar refractivity (Wildman–Crippen MR) is 41.0 cm³/mol. The summed E-state index contributed by atoms with van der Waals surface area (Å²) in [6, 6.07) is 8.60. The van der Waals surface area contributed by atoms with Gasteiger partial charge in [-0.2, -0.15) is 0 Å². The van der Waals surface area contributed by atoms with Gasteiger partial charge in [-0.15, -0.1) is 0 Å². The van der Waals surface area contributed by atoms with E-state index < -0.39 is 0 Å². The molecule has 4 heteroatoms. The van der Waals surface area contributed by atoms with Crippen molar-refractivity contribution in [2.75, 3.05) is 0 Å². The molecule has 0 amide bonds. The Morgan fingerprint density at radius 3 is 2.90 bits per heavy atom. The molecule has 0 fully saturated rings. The van der Waals surface area contributed by atoms with Gasteiger partial charge in [0.1, 0.15) is 0 Å². The molecule has 0 atom stereocenters. The van der Waals surface area contributed by atoms with Crippen LogP contribution in [-0.2, 0) is 0 Å². The number of nitrogens with two attached hydrogens (primary N) is 1. The Morgan fingerprint density at radius 2 is 2.10 bits per heavy atom. The van der Waals surface area contributed by atoms with Crippen LogP contribution in [0.3, 0.4) is 0 Å². The molecule has 0 radical (unpaired) electrons. The van der Waals surface area contributed by atoms with Gasteiger partial charge < -0.3 is 12.4 Å². The van der Waals surface area contributed by atoms with E-state index in [1.807, 2.05) is 10.4 Å². The van der Waals surface area contributed by atoms with Gasteiger partial charge in [-0.1, -0.05) is 0 Å². The van der Waals surface area contributed by atoms with Crippen LogP contribution in [0.15, 0.2) is 24.3 Å². The summed E-state index contributed by atoms with van der Waals surface area (Å²) in [5, 5.41) is 0. The molecule has 0 aromatic heterocycles. The van der Waals surface area contributed by atoms with Crippen LogP contribution in [0.5, 0.6) is 0 Å². The Labute approximate surface area is 75.7 Å². The van der Waals surface area contributed by atoms with E-state index in [1.54, 1.807) is 0 Å². The second kappa shape index (κ2) is 3.65. The second-order valence-electron chi connectivity index (χ2n) is 1.84. The van der Waals surface area contributed by atoms with Crippen molar-refractivity contribution >= 4 is 34.4 Å². The van der Waals surface area contributed by atoms with Crippen LogP contribution in [-0.4, -0.2) is 13.8 Å². The summed E-state index contributed by atoms with van der Waals surface area (Å²) in [6.07, 6.45) is 0. The Kier molecular flexibility index (Phi) is 3.08. The van der Waals surface area contributed by atoms with Crippen LogP contribution in [0.1, 0.15) is 0 Å². The maximum absolute atomic E-state index is 2.25. The molecule has 10 heavy (non-hydrogen) atoms. The number of rotatable bonds is 0. The zero-order valence-electron chi connectivity index (χ0n) is 5.08. The first-order valence-electron chi connectivity index (χ1n) is 2.72. The fourth-order valence-corrected chi connectivity index (χ4v) is 4.56. The molecule has 1 heterocycles. The molecule has 1 aliphatic heterocycles. The third kappa shape index (κ3) is 1.49. The minimum absolute atomic E-state index is 0. The third-order valence-electron chi connectivity index (χ3n) is 1.23. The van der Waals surface area contributed by atoms with Gasteiger partial charge >= 0.3 is 63.3 Å². The summed E-state index contributed by atoms with van der Waals surface area (Å²) in [7, 11) is 1.94. The topological polar surface area (TPSA) is 16.6 Å². The fourth-order valence-electron chi connectivity index (χ4n) is 0.782. The molecular weight excluding hydrogens is 233 g/mol. The fraction of sp³-hybridized carbons (Fsp3) is 0. The zero-order valence-corrected chi connectivity index (χ0v) is 8.37. The summed E-state index contributed by atoms with van der Waals surface area (Å²) in [6.45, 7) is 0. The van der Waals surface area contributed by atoms with Crippen LogP contribution in [0.25, 0.3) is 0 Å². The Balaban J connectivity index is 0.000000500. The SMILES string of the molecule is [Cl-].c1ccc2c(c1)[NH2+]S[Se]2. The van der Waals surface area contributed by atoms with Crippen LogP contribution in [0.4, 0.5) is 5.69 Å². The van der Waals surface area contributed by atoms with Gasteiger partial charge in [-0.25, -0.2) is 0 Å². The molecule has 0 aliphatic carbocycles. The third-order valence-corrected chi connectivity index (χ3v) is 4.98. The average Bonchev–Trinajstić information content (AvgIpc) is 2.33. The van der Waals surface area contributed by atoms with Gasteiger partial charge in [0.05, 0.1) is 0 Å². The first kappa shape index (κ1) is 8.44. The number of hydrogen-bond donors (Lipinski definition) is 1. The van der Waals surface area contributed by atoms with Crippen molar-refractivity contribution in [2.45, 2.75) is 0 Å². The van der Waals surface area contributed by atoms with Crippen molar-refractivity contribution in [3.63, 3.8) is 0 Å². The van der Waals surface area contributed by atoms with Gasteiger partial charge in [0, 0.05) is 0 Å². The van der Waals surface area contributed by atoms with Gasteiger partial charge in [-0.3, -0.25) is 0 Å². The number of hydrogen-bond acceptors (Lipinski definition) is 1. The maximum atomic E-state index is 2.25. The zero-order chi connectivity index (χ0) is 6.10. The standard InChI is InChI=1S/C6H5NSSe.ClH/c1-2-4-6-5(3-1)7-8-9-6;/h1-4,7H;1H. The Bertz CT molecular complexity index is 208. The van der Waals surface area contributed by atoms with E-state index in [9.17, 15) is 0 Å². The first-order chi connectivity index (χ1) is 4.47. The van der Waals surface area contributed by atoms with Crippen molar-refractivity contribution in [1.29, 1.82) is 0 Å². The van der Waals surface area contributed by atoms with Crippen molar-refractivity contribution in [2.24, 2.45) is 0 Å². The molecule has 2 rings (SSSR count). The molecule has 1 aromatic rings. The van der Waals surface area contributed by atoms with Crippen molar-refractivity contribution in [1.82, 2.24) is 0 Å². The quantitative estimate of drug-likeness (QED) is 0.286. The minimum atomic E-state index is 0. The molecule has 1 aromatic carbocycles. The summed E-state index contributed by atoms with van der Waals surface area (Å²) in [5.74, 6) is 0. The molecule has 0 saturated carbocycles. The normalized spacial score (nSPS) is 14.0. The monoisotopic (exact) mass is 239 g/mol. The molecular formula is C6H6ClNSSe. The van der Waals surface area contributed by atoms with Crippen molar-refractivity contribution in [3.8, 4) is 0 Å². The van der Waals surface area contributed by atoms with Crippen molar-refractivity contribution < 1.29 is 17.1 Å². The van der Waals surface area contributed by atoms with Gasteiger partial charge in [0.15, 0.2) is 0 Å². The van der Waals surface area contributed by atoms with Gasteiger partial charge in [-0.05, 0) is 0 Å². The van der Waals surface area contributed by atoms with E-state index in [-0.39, 0.29) is 12.4 Å². The number of benzene rings is 1. The Morgan fingerprint density at radius 1 is 1.30 bits per heavy atom. The van der Waals surface area contributed by atoms with E-state index >= 15 is 0 Å². The first-order valence-corrected chi connectivity index (χ1v) is 6.48. The van der Waals surface area contributed by atoms with E-state index in [4.69, 9.17) is 0 Å². The number of quaternary nitrogens is 1. The van der Waals surface area contributed by atoms with E-state index in [1.165, 1.54) is 10.1 Å². The Hall–Kier alpha value is 0.339. The summed E-state index contributed by atoms with van der Waals surface area (Å²) in [5.41, 5.74) is 1.43. The van der Waals surface area contributed by atoms with Crippen molar-refractivity contribution in [3.05, 3.63) is 24.3 Å². The molecule has 54 valence electrons. The molecule has 1 aliphatic rings. The molecule has 0 bridgehead atoms. The van der Waals surface area contributed by atoms with Crippen LogP contribution in [0, 0.1) is 0 Å². The average molecular weight is 239 g/mol. The molecule has 1 nitrogen and oxygen atoms in total. The number of halogens is 1. The van der Waals surface area contributed by atoms with Gasteiger partial charge in [0.25, 0.3) is 0 Å². The summed E-state index contributed by atoms with van der Waals surface area (Å²) in [4.78, 5) is 0. The molecule has 2 N–H and O–H groups in total. The second-order valence-corrected chi connectivity index (χ2v) is 5.61. The predicted octanol–water partition coefficient (Wildman–Crippen LogP) is -3.21.